The SMILES string of the molecule is OC1CNCCC12CNC2. The molecule has 0 aromatic heterocycles. The maximum atomic E-state index is 9.58. The molecule has 58 valence electrons. The largest absolute Gasteiger partial charge is 0.391 e. The van der Waals surface area contributed by atoms with E-state index >= 15 is 0 Å². The summed E-state index contributed by atoms with van der Waals surface area (Å²) in [7, 11) is 0. The molecule has 1 spiro atoms. The van der Waals surface area contributed by atoms with Gasteiger partial charge in [0.25, 0.3) is 0 Å². The molecule has 2 rings (SSSR count). The second-order valence-electron chi connectivity index (χ2n) is 3.44. The first-order valence-corrected chi connectivity index (χ1v) is 3.93. The zero-order valence-corrected chi connectivity index (χ0v) is 6.06. The number of β-amino-alcohol motifs (C(OH)–C–C–N with tert-alkyl or cyclic N) is 1. The normalized spacial score (nSPS) is 37.5. The first-order valence-electron chi connectivity index (χ1n) is 3.93. The summed E-state index contributed by atoms with van der Waals surface area (Å²) in [5, 5.41) is 16.0. The first-order chi connectivity index (χ1) is 4.83. The van der Waals surface area contributed by atoms with Crippen molar-refractivity contribution in [1.29, 1.82) is 0 Å². The van der Waals surface area contributed by atoms with Gasteiger partial charge in [0, 0.05) is 25.0 Å². The quantitative estimate of drug-likeness (QED) is 0.403. The molecule has 3 heteroatoms. The van der Waals surface area contributed by atoms with Gasteiger partial charge in [0.1, 0.15) is 0 Å². The second-order valence-corrected chi connectivity index (χ2v) is 3.44. The molecule has 2 saturated heterocycles. The highest BCUT2D eigenvalue weighted by Gasteiger charge is 2.44. The molecule has 2 heterocycles. The highest BCUT2D eigenvalue weighted by atomic mass is 16.3. The van der Waals surface area contributed by atoms with E-state index in [0.29, 0.717) is 0 Å². The van der Waals surface area contributed by atoms with E-state index < -0.39 is 0 Å². The van der Waals surface area contributed by atoms with Crippen molar-refractivity contribution in [3.05, 3.63) is 0 Å². The zero-order chi connectivity index (χ0) is 7.03. The Morgan fingerprint density at radius 3 is 2.50 bits per heavy atom. The van der Waals surface area contributed by atoms with Crippen molar-refractivity contribution in [2.75, 3.05) is 26.2 Å². The predicted octanol–water partition coefficient (Wildman–Crippen LogP) is -1.07. The molecule has 0 aliphatic carbocycles. The molecule has 2 aliphatic heterocycles. The first kappa shape index (κ1) is 6.58. The van der Waals surface area contributed by atoms with E-state index in [2.05, 4.69) is 10.6 Å². The Kier molecular flexibility index (Phi) is 1.44. The summed E-state index contributed by atoms with van der Waals surface area (Å²) in [6.07, 6.45) is 1.00. The summed E-state index contributed by atoms with van der Waals surface area (Å²) < 4.78 is 0. The predicted molar refractivity (Wildman–Crippen MR) is 38.8 cm³/mol. The molecule has 2 fully saturated rings. The minimum Gasteiger partial charge on any atom is -0.391 e. The van der Waals surface area contributed by atoms with Crippen LogP contribution in [0.2, 0.25) is 0 Å². The molecule has 0 saturated carbocycles. The topological polar surface area (TPSA) is 44.3 Å². The molecule has 0 aromatic carbocycles. The van der Waals surface area contributed by atoms with Crippen molar-refractivity contribution < 1.29 is 5.11 Å². The highest BCUT2D eigenvalue weighted by Crippen LogP contribution is 2.32. The average Bonchev–Trinajstić information content (AvgIpc) is 1.85. The highest BCUT2D eigenvalue weighted by molar-refractivity contribution is 5.00. The minimum absolute atomic E-state index is 0.123. The number of rotatable bonds is 0. The van der Waals surface area contributed by atoms with Crippen LogP contribution in [0.5, 0.6) is 0 Å². The van der Waals surface area contributed by atoms with Crippen LogP contribution in [0.25, 0.3) is 0 Å². The van der Waals surface area contributed by atoms with Gasteiger partial charge in [-0.15, -0.1) is 0 Å². The van der Waals surface area contributed by atoms with E-state index in [4.69, 9.17) is 0 Å². The molecular weight excluding hydrogens is 128 g/mol. The van der Waals surface area contributed by atoms with Crippen molar-refractivity contribution in [3.63, 3.8) is 0 Å². The number of aliphatic hydroxyl groups is 1. The summed E-state index contributed by atoms with van der Waals surface area (Å²) in [6, 6.07) is 0. The molecule has 0 aromatic rings. The van der Waals surface area contributed by atoms with E-state index in [0.717, 1.165) is 32.6 Å². The van der Waals surface area contributed by atoms with Crippen LogP contribution in [-0.4, -0.2) is 37.4 Å². The van der Waals surface area contributed by atoms with Gasteiger partial charge in [-0.2, -0.15) is 0 Å². The van der Waals surface area contributed by atoms with Crippen LogP contribution in [0.1, 0.15) is 6.42 Å². The standard InChI is InChI=1S/C7H14N2O/c10-6-3-8-2-1-7(6)4-9-5-7/h6,8-10H,1-5H2. The van der Waals surface area contributed by atoms with Gasteiger partial charge in [-0.1, -0.05) is 0 Å². The van der Waals surface area contributed by atoms with Crippen LogP contribution in [0.3, 0.4) is 0 Å². The summed E-state index contributed by atoms with van der Waals surface area (Å²) in [6.45, 7) is 3.87. The lowest BCUT2D eigenvalue weighted by molar-refractivity contribution is -0.0367. The number of hydrogen-bond donors (Lipinski definition) is 3. The Labute approximate surface area is 60.8 Å². The third-order valence-electron chi connectivity index (χ3n) is 2.80. The van der Waals surface area contributed by atoms with Crippen LogP contribution in [-0.2, 0) is 0 Å². The fourth-order valence-electron chi connectivity index (χ4n) is 1.82. The van der Waals surface area contributed by atoms with E-state index in [9.17, 15) is 5.11 Å². The lowest BCUT2D eigenvalue weighted by Gasteiger charge is -2.49. The molecular formula is C7H14N2O. The van der Waals surface area contributed by atoms with E-state index in [1.54, 1.807) is 0 Å². The Morgan fingerprint density at radius 2 is 2.10 bits per heavy atom. The Hall–Kier alpha value is -0.120. The van der Waals surface area contributed by atoms with E-state index in [-0.39, 0.29) is 11.5 Å². The van der Waals surface area contributed by atoms with Gasteiger partial charge >= 0.3 is 0 Å². The van der Waals surface area contributed by atoms with Gasteiger partial charge in [0.2, 0.25) is 0 Å². The zero-order valence-electron chi connectivity index (χ0n) is 6.06. The Bertz CT molecular complexity index is 134. The van der Waals surface area contributed by atoms with Crippen LogP contribution < -0.4 is 10.6 Å². The number of aliphatic hydroxyl groups excluding tert-OH is 1. The van der Waals surface area contributed by atoms with Gasteiger partial charge in [-0.05, 0) is 13.0 Å². The van der Waals surface area contributed by atoms with E-state index in [1.165, 1.54) is 0 Å². The lowest BCUT2D eigenvalue weighted by atomic mass is 9.72. The molecule has 3 N–H and O–H groups in total. The van der Waals surface area contributed by atoms with Crippen LogP contribution in [0, 0.1) is 5.41 Å². The molecule has 10 heavy (non-hydrogen) atoms. The molecule has 1 atom stereocenters. The molecule has 3 nitrogen and oxygen atoms in total. The monoisotopic (exact) mass is 142 g/mol. The van der Waals surface area contributed by atoms with Gasteiger partial charge in [-0.25, -0.2) is 0 Å². The van der Waals surface area contributed by atoms with Crippen molar-refractivity contribution in [1.82, 2.24) is 10.6 Å². The van der Waals surface area contributed by atoms with Gasteiger partial charge < -0.3 is 15.7 Å². The van der Waals surface area contributed by atoms with E-state index in [1.807, 2.05) is 0 Å². The molecule has 0 amide bonds. The van der Waals surface area contributed by atoms with Crippen LogP contribution >= 0.6 is 0 Å². The molecule has 0 bridgehead atoms. The van der Waals surface area contributed by atoms with Crippen molar-refractivity contribution in [3.8, 4) is 0 Å². The maximum Gasteiger partial charge on any atom is 0.0745 e. The fraction of sp³-hybridized carbons (Fsp3) is 1.00. The lowest BCUT2D eigenvalue weighted by Crippen LogP contribution is -2.65. The number of hydrogen-bond acceptors (Lipinski definition) is 3. The number of piperidine rings is 1. The third kappa shape index (κ3) is 0.779. The van der Waals surface area contributed by atoms with Crippen molar-refractivity contribution >= 4 is 0 Å². The molecule has 1 unspecified atom stereocenters. The number of nitrogens with one attached hydrogen (secondary N) is 2. The van der Waals surface area contributed by atoms with Crippen LogP contribution in [0.15, 0.2) is 0 Å². The summed E-state index contributed by atoms with van der Waals surface area (Å²) >= 11 is 0. The third-order valence-corrected chi connectivity index (χ3v) is 2.80. The van der Waals surface area contributed by atoms with Crippen LogP contribution in [0.4, 0.5) is 0 Å². The minimum atomic E-state index is -0.123. The van der Waals surface area contributed by atoms with Gasteiger partial charge in [0.05, 0.1) is 6.10 Å². The summed E-state index contributed by atoms with van der Waals surface area (Å²) in [5.74, 6) is 0. The summed E-state index contributed by atoms with van der Waals surface area (Å²) in [4.78, 5) is 0. The smallest absolute Gasteiger partial charge is 0.0745 e. The summed E-state index contributed by atoms with van der Waals surface area (Å²) in [5.41, 5.74) is 0.241. The molecule has 2 aliphatic rings. The van der Waals surface area contributed by atoms with Crippen molar-refractivity contribution in [2.45, 2.75) is 12.5 Å². The van der Waals surface area contributed by atoms with Crippen molar-refractivity contribution in [2.24, 2.45) is 5.41 Å². The van der Waals surface area contributed by atoms with Gasteiger partial charge in [-0.3, -0.25) is 0 Å². The maximum absolute atomic E-state index is 9.58. The Morgan fingerprint density at radius 1 is 1.30 bits per heavy atom. The fourth-order valence-corrected chi connectivity index (χ4v) is 1.82. The second kappa shape index (κ2) is 2.19. The Balaban J connectivity index is 2.03. The average molecular weight is 142 g/mol. The van der Waals surface area contributed by atoms with Gasteiger partial charge in [0.15, 0.2) is 0 Å². The molecule has 0 radical (unpaired) electrons.